The van der Waals surface area contributed by atoms with Gasteiger partial charge in [-0.2, -0.15) is 27.2 Å². The van der Waals surface area contributed by atoms with Gasteiger partial charge in [-0.15, -0.1) is 12.4 Å². The van der Waals surface area contributed by atoms with Crippen LogP contribution >= 0.6 is 12.4 Å². The predicted molar refractivity (Wildman–Crippen MR) is 272 cm³/mol. The van der Waals surface area contributed by atoms with Crippen molar-refractivity contribution in [1.29, 1.82) is 0 Å². The number of nitrogens with zero attached hydrogens (tertiary/aromatic N) is 7. The molecule has 0 fully saturated rings. The Hall–Kier alpha value is -5.52. The molecule has 0 aliphatic rings. The van der Waals surface area contributed by atoms with Gasteiger partial charge in [0.15, 0.2) is 10.1 Å². The van der Waals surface area contributed by atoms with Gasteiger partial charge < -0.3 is 23.8 Å². The van der Waals surface area contributed by atoms with E-state index in [1.807, 2.05) is 0 Å². The predicted octanol–water partition coefficient (Wildman–Crippen LogP) is 6.96. The summed E-state index contributed by atoms with van der Waals surface area (Å²) in [5.74, 6) is 2.62. The molecule has 2 heterocycles. The maximum absolute atomic E-state index is 13.7. The molecule has 0 bridgehead atoms. The van der Waals surface area contributed by atoms with Gasteiger partial charge in [0.2, 0.25) is 0 Å². The Morgan fingerprint density at radius 1 is 0.514 bits per heavy atom. The number of rotatable bonds is 23. The molecule has 4 aromatic carbocycles. The van der Waals surface area contributed by atoms with Crippen molar-refractivity contribution >= 4 is 42.6 Å². The second-order valence-electron chi connectivity index (χ2n) is 14.6. The van der Waals surface area contributed by atoms with E-state index in [2.05, 4.69) is 10.2 Å². The normalized spacial score (nSPS) is 14.8. The highest BCUT2D eigenvalue weighted by molar-refractivity contribution is 7.89. The van der Waals surface area contributed by atoms with Gasteiger partial charge in [-0.1, -0.05) is 68.7 Å². The number of methoxy groups -OCH3 is 4. The largest absolute Gasteiger partial charge is 0.497 e. The average Bonchev–Trinajstić information content (AvgIpc) is 4.12. The summed E-state index contributed by atoms with van der Waals surface area (Å²) < 4.78 is 191. The fraction of sp³-hybridized carbons (Fsp3) is 0.375. The molecule has 0 N–H and O–H groups in total. The number of likely N-dealkylation sites (N-methyl/N-ethyl adjacent to an activating group) is 1. The first-order chi connectivity index (χ1) is 37.5. The minimum atomic E-state index is -4.10. The molecule has 384 valence electrons. The van der Waals surface area contributed by atoms with E-state index in [1.165, 1.54) is 42.5 Å². The lowest BCUT2D eigenvalue weighted by atomic mass is 10.2. The average molecular weight is 1060 g/mol. The van der Waals surface area contributed by atoms with Crippen molar-refractivity contribution < 1.29 is 64.8 Å². The van der Waals surface area contributed by atoms with Gasteiger partial charge in [0, 0.05) is 61.6 Å². The number of hydrogen-bond acceptors (Lipinski definition) is 14. The van der Waals surface area contributed by atoms with E-state index in [4.69, 9.17) is 39.6 Å². The fourth-order valence-corrected chi connectivity index (χ4v) is 9.21. The van der Waals surface area contributed by atoms with Crippen molar-refractivity contribution in [3.8, 4) is 23.0 Å². The van der Waals surface area contributed by atoms with Crippen molar-refractivity contribution in [1.82, 2.24) is 33.1 Å². The lowest BCUT2D eigenvalue weighted by molar-refractivity contribution is 0.296. The molecule has 70 heavy (non-hydrogen) atoms. The summed E-state index contributed by atoms with van der Waals surface area (Å²) in [6, 6.07) is 31.0. The van der Waals surface area contributed by atoms with Gasteiger partial charge >= 0.3 is 0 Å². The minimum absolute atomic E-state index is 0. The highest BCUT2D eigenvalue weighted by atomic mass is 35.5. The molecule has 0 amide bonds. The summed E-state index contributed by atoms with van der Waals surface area (Å²) in [5, 5.41) is 7.88. The molecule has 0 spiro atoms. The van der Waals surface area contributed by atoms with Crippen LogP contribution in [0.5, 0.6) is 23.0 Å². The summed E-state index contributed by atoms with van der Waals surface area (Å²) in [6.07, 6.45) is 3.09. The number of halogens is 1. The number of ether oxygens (including phenoxy) is 4. The molecule has 2 aromatic heterocycles. The second-order valence-corrected chi connectivity index (χ2v) is 20.0. The summed E-state index contributed by atoms with van der Waals surface area (Å²) in [7, 11) is -5.47. The van der Waals surface area contributed by atoms with E-state index in [0.717, 1.165) is 28.5 Å². The van der Waals surface area contributed by atoms with Crippen molar-refractivity contribution in [2.45, 2.75) is 69.4 Å². The van der Waals surface area contributed by atoms with Crippen LogP contribution in [0.4, 0.5) is 0 Å². The maximum Gasteiger partial charge on any atom is 0.264 e. The van der Waals surface area contributed by atoms with E-state index in [0.29, 0.717) is 27.9 Å². The maximum atomic E-state index is 13.7. The van der Waals surface area contributed by atoms with Crippen LogP contribution in [0.1, 0.15) is 58.8 Å². The smallest absolute Gasteiger partial charge is 0.264 e. The van der Waals surface area contributed by atoms with Crippen molar-refractivity contribution in [2.24, 2.45) is 0 Å². The first-order valence-corrected chi connectivity index (χ1v) is 25.5. The SMILES string of the molecule is COc1ccc(CN(Cc2ccc(OC)cc2)S(=O)(=O)c2ccn(CCOS(C)(=O)=O)n2)cc1.Cl.[2H]C([2H])([2H])CC([2H])([2H])[2H].[2H]C([2H])([2H])N(CCn1ccc(S(=O)(=O)N(Cc2ccc(OC)cc2)Cc2ccc(OC)cc2)n1)C([2H])([2H])[2H]. The topological polar surface area (TPSA) is 194 Å². The summed E-state index contributed by atoms with van der Waals surface area (Å²) >= 11 is 0. The Morgan fingerprint density at radius 2 is 0.843 bits per heavy atom. The van der Waals surface area contributed by atoms with Gasteiger partial charge in [0.1, 0.15) is 23.0 Å². The van der Waals surface area contributed by atoms with Crippen LogP contribution in [0.3, 0.4) is 0 Å². The highest BCUT2D eigenvalue weighted by Crippen LogP contribution is 2.25. The van der Waals surface area contributed by atoms with E-state index in [9.17, 15) is 25.3 Å². The molecule has 0 radical (unpaired) electrons. The first kappa shape index (κ1) is 42.2. The number of aromatic nitrogens is 4. The van der Waals surface area contributed by atoms with Crippen molar-refractivity contribution in [2.75, 3.05) is 61.8 Å². The second kappa shape index (κ2) is 28.4. The lowest BCUT2D eigenvalue weighted by Crippen LogP contribution is -2.31. The highest BCUT2D eigenvalue weighted by Gasteiger charge is 2.29. The molecule has 0 unspecified atom stereocenters. The number of hydrogen-bond donors (Lipinski definition) is 0. The zero-order valence-corrected chi connectivity index (χ0v) is 42.4. The zero-order valence-electron chi connectivity index (χ0n) is 51.2. The van der Waals surface area contributed by atoms with E-state index >= 15 is 0 Å². The van der Waals surface area contributed by atoms with Crippen LogP contribution in [0.25, 0.3) is 0 Å². The van der Waals surface area contributed by atoms with Crippen molar-refractivity contribution in [3.05, 3.63) is 144 Å². The third-order valence-corrected chi connectivity index (χ3v) is 13.6. The first-order valence-electron chi connectivity index (χ1n) is 26.8. The summed E-state index contributed by atoms with van der Waals surface area (Å²) in [5.41, 5.74) is 3.01. The Labute approximate surface area is 437 Å². The number of benzene rings is 4. The molecule has 6 rings (SSSR count). The fourth-order valence-electron chi connectivity index (χ4n) is 6.15. The quantitative estimate of drug-likeness (QED) is 0.0598. The Kier molecular flexibility index (Phi) is 17.1. The molecule has 0 atom stereocenters. The molecule has 6 aromatic rings. The Morgan fingerprint density at radius 3 is 1.11 bits per heavy atom. The van der Waals surface area contributed by atoms with E-state index in [-0.39, 0.29) is 74.9 Å². The molecule has 0 aliphatic heterocycles. The standard InChI is InChI=1S/C23H30N4O4S.C22H27N3O7S2.C3H8.ClH/c1-25(2)15-16-26-14-13-23(24-26)32(28,29)27(17-19-5-9-21(30-3)10-6-19)18-20-7-11-22(31-4)12-8-20;1-30-20-8-4-18(5-9-20)16-25(17-19-6-10-21(31-2)11-7-19)34(28,29)22-12-13-24(23-22)14-15-32-33(3,26)27;1-3-2;/h5-14H,15-18H2,1-4H3;4-13H,14-17H2,1-3H3;3H2,1-2H3;1H/i1D3,2D3;;1D3,2D3;. The third kappa shape index (κ3) is 18.7. The summed E-state index contributed by atoms with van der Waals surface area (Å²) in [4.78, 5) is 0.398. The Balaban J connectivity index is 0.000000371. The van der Waals surface area contributed by atoms with Gasteiger partial charge in [-0.3, -0.25) is 13.5 Å². The van der Waals surface area contributed by atoms with Gasteiger partial charge in [-0.25, -0.2) is 16.8 Å². The van der Waals surface area contributed by atoms with Crippen LogP contribution in [-0.2, 0) is 73.6 Å². The zero-order chi connectivity index (χ0) is 60.6. The molecule has 22 heteroatoms. The molecule has 0 saturated heterocycles. The molecular weight excluding hydrogens is 982 g/mol. The summed E-state index contributed by atoms with van der Waals surface area (Å²) in [6.45, 7) is -10.6. The third-order valence-electron chi connectivity index (χ3n) is 9.68. The molecular formula is C48H66ClN7O11S3. The lowest BCUT2D eigenvalue weighted by Gasteiger charge is -2.21. The monoisotopic (exact) mass is 1060 g/mol. The number of sulfonamides is 2. The molecule has 0 aliphatic carbocycles. The van der Waals surface area contributed by atoms with Crippen LogP contribution in [-0.4, -0.2) is 120 Å². The van der Waals surface area contributed by atoms with E-state index in [1.54, 1.807) is 126 Å². The van der Waals surface area contributed by atoms with Crippen LogP contribution in [0.2, 0.25) is 0 Å². The molecule has 18 nitrogen and oxygen atoms in total. The molecule has 0 saturated carbocycles. The van der Waals surface area contributed by atoms with Gasteiger partial charge in [0.25, 0.3) is 30.2 Å². The Bertz CT molecular complexity index is 3120. The minimum Gasteiger partial charge on any atom is -0.497 e. The van der Waals surface area contributed by atoms with Crippen LogP contribution < -0.4 is 18.9 Å². The van der Waals surface area contributed by atoms with Gasteiger partial charge in [0.05, 0.1) is 54.4 Å². The van der Waals surface area contributed by atoms with Crippen LogP contribution in [0.15, 0.2) is 132 Å². The van der Waals surface area contributed by atoms with Crippen LogP contribution in [0, 0.1) is 0 Å². The van der Waals surface area contributed by atoms with Crippen molar-refractivity contribution in [3.63, 3.8) is 0 Å². The van der Waals surface area contributed by atoms with E-state index < -0.39 is 64.2 Å². The van der Waals surface area contributed by atoms with Gasteiger partial charge in [-0.05, 0) is 96.9 Å².